The SMILES string of the molecule is O=C(c1nn(CCC2CCN(c3cccc(F)c3F)CC2)c2c1CCC2)N1CCC(O)CC1. The quantitative estimate of drug-likeness (QED) is 0.745. The number of aromatic nitrogens is 2. The average molecular weight is 459 g/mol. The summed E-state index contributed by atoms with van der Waals surface area (Å²) in [5.74, 6) is -1.05. The van der Waals surface area contributed by atoms with Crippen molar-refractivity contribution in [3.8, 4) is 0 Å². The van der Waals surface area contributed by atoms with E-state index in [-0.39, 0.29) is 12.0 Å². The number of aryl methyl sites for hydroxylation is 1. The van der Waals surface area contributed by atoms with E-state index in [1.165, 1.54) is 5.69 Å². The number of amides is 1. The van der Waals surface area contributed by atoms with Gasteiger partial charge >= 0.3 is 0 Å². The zero-order chi connectivity index (χ0) is 22.9. The molecule has 0 radical (unpaired) electrons. The molecule has 2 fully saturated rings. The smallest absolute Gasteiger partial charge is 0.274 e. The number of benzene rings is 1. The lowest BCUT2D eigenvalue weighted by Crippen LogP contribution is -2.40. The number of nitrogens with zero attached hydrogens (tertiary/aromatic N) is 4. The Morgan fingerprint density at radius 3 is 2.58 bits per heavy atom. The number of piperidine rings is 2. The fourth-order valence-electron chi connectivity index (χ4n) is 5.59. The van der Waals surface area contributed by atoms with E-state index in [0.29, 0.717) is 56.3 Å². The summed E-state index contributed by atoms with van der Waals surface area (Å²) < 4.78 is 29.8. The van der Waals surface area contributed by atoms with Gasteiger partial charge < -0.3 is 14.9 Å². The number of fused-ring (bicyclic) bond motifs is 1. The Morgan fingerprint density at radius 2 is 1.82 bits per heavy atom. The Bertz CT molecular complexity index is 1010. The van der Waals surface area contributed by atoms with Crippen LogP contribution in [-0.4, -0.2) is 58.0 Å². The third-order valence-corrected chi connectivity index (χ3v) is 7.60. The molecular weight excluding hydrogens is 426 g/mol. The van der Waals surface area contributed by atoms with Crippen LogP contribution in [0.3, 0.4) is 0 Å². The van der Waals surface area contributed by atoms with Gasteiger partial charge in [-0.15, -0.1) is 0 Å². The highest BCUT2D eigenvalue weighted by Gasteiger charge is 2.31. The molecule has 0 spiro atoms. The molecule has 3 aliphatic rings. The Hall–Kier alpha value is -2.48. The largest absolute Gasteiger partial charge is 0.393 e. The first-order chi connectivity index (χ1) is 16.0. The van der Waals surface area contributed by atoms with Crippen LogP contribution < -0.4 is 4.90 Å². The Morgan fingerprint density at radius 1 is 1.06 bits per heavy atom. The third kappa shape index (κ3) is 4.50. The Labute approximate surface area is 193 Å². The third-order valence-electron chi connectivity index (χ3n) is 7.60. The maximum atomic E-state index is 14.1. The zero-order valence-electron chi connectivity index (χ0n) is 19.0. The molecule has 6 nitrogen and oxygen atoms in total. The van der Waals surface area contributed by atoms with Gasteiger partial charge in [0, 0.05) is 44.0 Å². The molecule has 8 heteroatoms. The van der Waals surface area contributed by atoms with Crippen LogP contribution >= 0.6 is 0 Å². The van der Waals surface area contributed by atoms with Crippen LogP contribution in [-0.2, 0) is 19.4 Å². The predicted molar refractivity (Wildman–Crippen MR) is 121 cm³/mol. The van der Waals surface area contributed by atoms with Gasteiger partial charge in [0.25, 0.3) is 5.91 Å². The lowest BCUT2D eigenvalue weighted by atomic mass is 9.93. The summed E-state index contributed by atoms with van der Waals surface area (Å²) in [6, 6.07) is 4.36. The van der Waals surface area contributed by atoms with Gasteiger partial charge in [0.2, 0.25) is 0 Å². The summed E-state index contributed by atoms with van der Waals surface area (Å²) in [6.45, 7) is 3.39. The average Bonchev–Trinajstić information content (AvgIpc) is 3.43. The van der Waals surface area contributed by atoms with Gasteiger partial charge in [-0.1, -0.05) is 6.07 Å². The summed E-state index contributed by atoms with van der Waals surface area (Å²) in [6.07, 6.45) is 6.72. The highest BCUT2D eigenvalue weighted by molar-refractivity contribution is 5.94. The minimum absolute atomic E-state index is 0.00391. The summed E-state index contributed by atoms with van der Waals surface area (Å²) >= 11 is 0. The van der Waals surface area contributed by atoms with Gasteiger partial charge in [-0.3, -0.25) is 9.48 Å². The first-order valence-corrected chi connectivity index (χ1v) is 12.3. The van der Waals surface area contributed by atoms with Crippen molar-refractivity contribution in [3.63, 3.8) is 0 Å². The van der Waals surface area contributed by atoms with Crippen molar-refractivity contribution < 1.29 is 18.7 Å². The molecule has 3 heterocycles. The fraction of sp³-hybridized carbons (Fsp3) is 0.600. The second-order valence-electron chi connectivity index (χ2n) is 9.67. The molecule has 1 N–H and O–H groups in total. The molecule has 1 aromatic carbocycles. The minimum Gasteiger partial charge on any atom is -0.393 e. The number of carbonyl (C=O) groups excluding carboxylic acids is 1. The van der Waals surface area contributed by atoms with Crippen molar-refractivity contribution in [2.75, 3.05) is 31.1 Å². The molecule has 1 amide bonds. The summed E-state index contributed by atoms with van der Waals surface area (Å²) in [5.41, 5.74) is 3.28. The first-order valence-electron chi connectivity index (χ1n) is 12.3. The molecule has 0 bridgehead atoms. The van der Waals surface area contributed by atoms with Crippen LogP contribution in [0.1, 0.15) is 60.3 Å². The molecular formula is C25H32F2N4O2. The van der Waals surface area contributed by atoms with Gasteiger partial charge in [0.15, 0.2) is 17.3 Å². The van der Waals surface area contributed by atoms with Crippen LogP contribution in [0, 0.1) is 17.6 Å². The van der Waals surface area contributed by atoms with E-state index in [4.69, 9.17) is 5.10 Å². The number of hydrogen-bond acceptors (Lipinski definition) is 4. The number of aliphatic hydroxyl groups is 1. The molecule has 0 atom stereocenters. The maximum absolute atomic E-state index is 14.1. The maximum Gasteiger partial charge on any atom is 0.274 e. The van der Waals surface area contributed by atoms with Crippen LogP contribution in [0.25, 0.3) is 0 Å². The predicted octanol–water partition coefficient (Wildman–Crippen LogP) is 3.55. The van der Waals surface area contributed by atoms with Crippen LogP contribution in [0.4, 0.5) is 14.5 Å². The van der Waals surface area contributed by atoms with E-state index < -0.39 is 11.6 Å². The molecule has 2 aliphatic heterocycles. The Balaban J connectivity index is 1.20. The molecule has 2 saturated heterocycles. The topological polar surface area (TPSA) is 61.6 Å². The first kappa shape index (κ1) is 22.3. The number of hydrogen-bond donors (Lipinski definition) is 1. The summed E-state index contributed by atoms with van der Waals surface area (Å²) in [4.78, 5) is 16.9. The number of halogens is 2. The molecule has 1 aromatic heterocycles. The lowest BCUT2D eigenvalue weighted by Gasteiger charge is -2.34. The lowest BCUT2D eigenvalue weighted by molar-refractivity contribution is 0.0540. The molecule has 33 heavy (non-hydrogen) atoms. The van der Waals surface area contributed by atoms with Gasteiger partial charge in [-0.05, 0) is 69.4 Å². The second kappa shape index (κ2) is 9.41. The van der Waals surface area contributed by atoms with Crippen molar-refractivity contribution in [1.82, 2.24) is 14.7 Å². The zero-order valence-corrected chi connectivity index (χ0v) is 19.0. The Kier molecular flexibility index (Phi) is 6.36. The fourth-order valence-corrected chi connectivity index (χ4v) is 5.59. The summed E-state index contributed by atoms with van der Waals surface area (Å²) in [7, 11) is 0. The number of anilines is 1. The van der Waals surface area contributed by atoms with Crippen LogP contribution in [0.2, 0.25) is 0 Å². The van der Waals surface area contributed by atoms with E-state index >= 15 is 0 Å². The van der Waals surface area contributed by atoms with E-state index in [0.717, 1.165) is 56.7 Å². The molecule has 1 aliphatic carbocycles. The highest BCUT2D eigenvalue weighted by atomic mass is 19.2. The molecule has 178 valence electrons. The van der Waals surface area contributed by atoms with Crippen LogP contribution in [0.5, 0.6) is 0 Å². The standard InChI is InChI=1S/C25H32F2N4O2/c26-20-4-2-6-22(23(20)27)29-12-7-17(8-13-29)9-16-31-21-5-1-3-19(21)24(28-31)25(33)30-14-10-18(32)11-15-30/h2,4,6,17-18,32H,1,3,5,7-16H2. The van der Waals surface area contributed by atoms with Gasteiger partial charge in [-0.2, -0.15) is 5.10 Å². The van der Waals surface area contributed by atoms with E-state index in [1.54, 1.807) is 12.1 Å². The van der Waals surface area contributed by atoms with Gasteiger partial charge in [-0.25, -0.2) is 8.78 Å². The molecule has 2 aromatic rings. The summed E-state index contributed by atoms with van der Waals surface area (Å²) in [5, 5.41) is 14.5. The van der Waals surface area contributed by atoms with E-state index in [9.17, 15) is 18.7 Å². The van der Waals surface area contributed by atoms with Crippen molar-refractivity contribution >= 4 is 11.6 Å². The van der Waals surface area contributed by atoms with E-state index in [1.807, 2.05) is 14.5 Å². The van der Waals surface area contributed by atoms with Crippen molar-refractivity contribution in [2.45, 2.75) is 64.0 Å². The number of likely N-dealkylation sites (tertiary alicyclic amines) is 1. The van der Waals surface area contributed by atoms with Crippen molar-refractivity contribution in [2.24, 2.45) is 5.92 Å². The second-order valence-corrected chi connectivity index (χ2v) is 9.67. The highest BCUT2D eigenvalue weighted by Crippen LogP contribution is 2.30. The molecule has 0 unspecified atom stereocenters. The van der Waals surface area contributed by atoms with Crippen molar-refractivity contribution in [1.29, 1.82) is 0 Å². The van der Waals surface area contributed by atoms with E-state index in [2.05, 4.69) is 0 Å². The number of rotatable bonds is 5. The molecule has 5 rings (SSSR count). The van der Waals surface area contributed by atoms with Crippen molar-refractivity contribution in [3.05, 3.63) is 46.8 Å². The van der Waals surface area contributed by atoms with Crippen LogP contribution in [0.15, 0.2) is 18.2 Å². The normalized spacial score (nSPS) is 19.8. The van der Waals surface area contributed by atoms with Gasteiger partial charge in [0.1, 0.15) is 0 Å². The monoisotopic (exact) mass is 458 g/mol. The number of carbonyl (C=O) groups is 1. The van der Waals surface area contributed by atoms with Gasteiger partial charge in [0.05, 0.1) is 11.8 Å². The molecule has 0 saturated carbocycles. The minimum atomic E-state index is -0.798. The number of aliphatic hydroxyl groups excluding tert-OH is 1.